The first-order valence-electron chi connectivity index (χ1n) is 12.3. The molecular formula is C28H33FN4O2S. The molecule has 6 nitrogen and oxygen atoms in total. The fourth-order valence-corrected chi connectivity index (χ4v) is 5.65. The second-order valence-corrected chi connectivity index (χ2v) is 10.8. The van der Waals surface area contributed by atoms with Gasteiger partial charge in [0.15, 0.2) is 4.90 Å². The van der Waals surface area contributed by atoms with Gasteiger partial charge in [0.05, 0.1) is 23.4 Å². The van der Waals surface area contributed by atoms with Crippen molar-refractivity contribution in [1.29, 1.82) is 0 Å². The molecule has 1 saturated carbocycles. The van der Waals surface area contributed by atoms with E-state index < -0.39 is 11.4 Å². The number of halogens is 1. The number of carbonyl (C=O) groups is 1. The summed E-state index contributed by atoms with van der Waals surface area (Å²) in [5.74, 6) is 0.555. The van der Waals surface area contributed by atoms with Crippen LogP contribution in [0.4, 0.5) is 10.2 Å². The molecular weight excluding hydrogens is 475 g/mol. The van der Waals surface area contributed by atoms with E-state index in [0.717, 1.165) is 53.1 Å². The summed E-state index contributed by atoms with van der Waals surface area (Å²) in [5, 5.41) is 3.05. The molecule has 4 rings (SSSR count). The van der Waals surface area contributed by atoms with Gasteiger partial charge in [0.1, 0.15) is 11.6 Å². The molecule has 0 radical (unpaired) electrons. The van der Waals surface area contributed by atoms with Gasteiger partial charge in [-0.1, -0.05) is 12.1 Å². The molecule has 3 aromatic rings. The van der Waals surface area contributed by atoms with Gasteiger partial charge >= 0.3 is 0 Å². The number of amides is 1. The number of rotatable bonds is 8. The van der Waals surface area contributed by atoms with Crippen LogP contribution in [0.2, 0.25) is 0 Å². The van der Waals surface area contributed by atoms with Crippen LogP contribution in [0.1, 0.15) is 44.2 Å². The Morgan fingerprint density at radius 3 is 2.36 bits per heavy atom. The van der Waals surface area contributed by atoms with Crippen molar-refractivity contribution in [2.75, 3.05) is 19.0 Å². The molecule has 2 aromatic carbocycles. The minimum Gasteiger partial charge on any atom is -0.593 e. The number of aromatic nitrogens is 1. The number of nitrogens with one attached hydrogen (secondary N) is 2. The van der Waals surface area contributed by atoms with Crippen LogP contribution in [0.25, 0.3) is 11.1 Å². The van der Waals surface area contributed by atoms with Crippen molar-refractivity contribution in [3.8, 4) is 11.1 Å². The molecule has 190 valence electrons. The van der Waals surface area contributed by atoms with Crippen LogP contribution in [0.3, 0.4) is 0 Å². The fraction of sp³-hybridized carbons (Fsp3) is 0.357. The number of pyridine rings is 1. The quantitative estimate of drug-likeness (QED) is 0.419. The molecule has 8 heteroatoms. The van der Waals surface area contributed by atoms with E-state index >= 15 is 0 Å². The SMILES string of the molecule is C[C@@H](NC(=O)[C@H]1CC[C@H](N[S+]([O-])c2ccc(-c3cccnc3N(C)C)cc2)CC1)c1ccc(F)cc1. The van der Waals surface area contributed by atoms with Gasteiger partial charge < -0.3 is 14.8 Å². The predicted molar refractivity (Wildman–Crippen MR) is 142 cm³/mol. The molecule has 36 heavy (non-hydrogen) atoms. The third kappa shape index (κ3) is 6.43. The zero-order valence-electron chi connectivity index (χ0n) is 20.9. The van der Waals surface area contributed by atoms with Crippen molar-refractivity contribution in [3.63, 3.8) is 0 Å². The minimum absolute atomic E-state index is 0.0227. The van der Waals surface area contributed by atoms with Crippen molar-refractivity contribution in [3.05, 3.63) is 78.2 Å². The van der Waals surface area contributed by atoms with Crippen molar-refractivity contribution >= 4 is 23.1 Å². The van der Waals surface area contributed by atoms with Crippen LogP contribution in [0.15, 0.2) is 71.8 Å². The number of anilines is 1. The molecule has 1 fully saturated rings. The average molecular weight is 509 g/mol. The average Bonchev–Trinajstić information content (AvgIpc) is 2.89. The molecule has 0 bridgehead atoms. The summed E-state index contributed by atoms with van der Waals surface area (Å²) in [5.41, 5.74) is 2.93. The Bertz CT molecular complexity index is 1150. The van der Waals surface area contributed by atoms with Crippen molar-refractivity contribution < 1.29 is 13.7 Å². The maximum absolute atomic E-state index is 13.1. The van der Waals surface area contributed by atoms with Crippen LogP contribution in [-0.4, -0.2) is 35.6 Å². The molecule has 0 spiro atoms. The summed E-state index contributed by atoms with van der Waals surface area (Å²) in [6.07, 6.45) is 4.83. The van der Waals surface area contributed by atoms with Gasteiger partial charge in [0.2, 0.25) is 5.91 Å². The maximum atomic E-state index is 13.1. The van der Waals surface area contributed by atoms with Gasteiger partial charge in [-0.2, -0.15) is 0 Å². The molecule has 1 unspecified atom stereocenters. The molecule has 2 N–H and O–H groups in total. The van der Waals surface area contributed by atoms with Crippen LogP contribution >= 0.6 is 0 Å². The van der Waals surface area contributed by atoms with Crippen LogP contribution in [-0.2, 0) is 16.2 Å². The third-order valence-corrected chi connectivity index (χ3v) is 7.94. The Labute approximate surface area is 215 Å². The third-order valence-electron chi connectivity index (χ3n) is 6.69. The molecule has 0 aliphatic heterocycles. The number of nitrogens with zero attached hydrogens (tertiary/aromatic N) is 2. The summed E-state index contributed by atoms with van der Waals surface area (Å²) in [6.45, 7) is 1.91. The van der Waals surface area contributed by atoms with E-state index in [2.05, 4.69) is 15.0 Å². The highest BCUT2D eigenvalue weighted by molar-refractivity contribution is 7.89. The summed E-state index contributed by atoms with van der Waals surface area (Å²) in [4.78, 5) is 19.9. The van der Waals surface area contributed by atoms with Gasteiger partial charge in [-0.3, -0.25) is 4.79 Å². The van der Waals surface area contributed by atoms with Gasteiger partial charge in [0.25, 0.3) is 0 Å². The van der Waals surface area contributed by atoms with Crippen molar-refractivity contribution in [2.24, 2.45) is 5.92 Å². The van der Waals surface area contributed by atoms with Crippen LogP contribution < -0.4 is 14.9 Å². The van der Waals surface area contributed by atoms with E-state index in [4.69, 9.17) is 0 Å². The van der Waals surface area contributed by atoms with E-state index in [1.165, 1.54) is 12.1 Å². The van der Waals surface area contributed by atoms with Crippen molar-refractivity contribution in [2.45, 2.75) is 49.6 Å². The summed E-state index contributed by atoms with van der Waals surface area (Å²) < 4.78 is 29.3. The molecule has 1 amide bonds. The first-order valence-corrected chi connectivity index (χ1v) is 13.4. The lowest BCUT2D eigenvalue weighted by molar-refractivity contribution is -0.126. The maximum Gasteiger partial charge on any atom is 0.223 e. The standard InChI is InChI=1S/C28H33FN4O2S/c1-19(20-6-12-23(29)13-7-20)31-28(34)22-8-14-24(15-9-22)32-36(35)25-16-10-21(11-17-25)26-5-4-18-30-27(26)33(2)3/h4-7,10-13,16-19,22,24,32H,8-9,14-15H2,1-3H3,(H,31,34)/t19-,22-,24-,36?/m1/s1. The lowest BCUT2D eigenvalue weighted by Gasteiger charge is -2.29. The number of hydrogen-bond acceptors (Lipinski definition) is 5. The molecule has 0 saturated heterocycles. The molecule has 2 atom stereocenters. The van der Waals surface area contributed by atoms with Crippen LogP contribution in [0.5, 0.6) is 0 Å². The Hall–Kier alpha value is -2.94. The van der Waals surface area contributed by atoms with E-state index in [1.807, 2.05) is 62.3 Å². The second-order valence-electron chi connectivity index (χ2n) is 9.51. The zero-order chi connectivity index (χ0) is 25.7. The highest BCUT2D eigenvalue weighted by Crippen LogP contribution is 2.30. The summed E-state index contributed by atoms with van der Waals surface area (Å²) in [6, 6.07) is 17.8. The first kappa shape index (κ1) is 26.1. The number of benzene rings is 2. The van der Waals surface area contributed by atoms with Gasteiger partial charge in [-0.15, -0.1) is 4.72 Å². The Morgan fingerprint density at radius 1 is 1.06 bits per heavy atom. The number of hydrogen-bond donors (Lipinski definition) is 2. The topological polar surface area (TPSA) is 80.3 Å². The zero-order valence-corrected chi connectivity index (χ0v) is 21.7. The highest BCUT2D eigenvalue weighted by Gasteiger charge is 2.29. The lowest BCUT2D eigenvalue weighted by Crippen LogP contribution is -2.41. The normalized spacial score (nSPS) is 19.4. The molecule has 1 aromatic heterocycles. The van der Waals surface area contributed by atoms with E-state index in [1.54, 1.807) is 18.3 Å². The Kier molecular flexibility index (Phi) is 8.61. The summed E-state index contributed by atoms with van der Waals surface area (Å²) in [7, 11) is 3.92. The minimum atomic E-state index is -1.32. The molecule has 1 aliphatic rings. The van der Waals surface area contributed by atoms with Gasteiger partial charge in [-0.25, -0.2) is 9.37 Å². The second kappa shape index (κ2) is 11.9. The first-order chi connectivity index (χ1) is 17.3. The summed E-state index contributed by atoms with van der Waals surface area (Å²) >= 11 is -1.32. The van der Waals surface area contributed by atoms with Gasteiger partial charge in [-0.05, 0) is 92.3 Å². The predicted octanol–water partition coefficient (Wildman–Crippen LogP) is 5.00. The lowest BCUT2D eigenvalue weighted by atomic mass is 9.85. The monoisotopic (exact) mass is 508 g/mol. The van der Waals surface area contributed by atoms with E-state index in [0.29, 0.717) is 0 Å². The Balaban J connectivity index is 1.28. The van der Waals surface area contributed by atoms with E-state index in [9.17, 15) is 13.7 Å². The van der Waals surface area contributed by atoms with E-state index in [-0.39, 0.29) is 29.7 Å². The van der Waals surface area contributed by atoms with Gasteiger partial charge in [0, 0.05) is 31.8 Å². The number of carbonyl (C=O) groups excluding carboxylic acids is 1. The molecule has 1 heterocycles. The molecule has 1 aliphatic carbocycles. The van der Waals surface area contributed by atoms with Crippen molar-refractivity contribution in [1.82, 2.24) is 15.0 Å². The largest absolute Gasteiger partial charge is 0.593 e. The smallest absolute Gasteiger partial charge is 0.223 e. The Morgan fingerprint density at radius 2 is 1.72 bits per heavy atom. The highest BCUT2D eigenvalue weighted by atomic mass is 32.2. The fourth-order valence-electron chi connectivity index (χ4n) is 4.60. The van der Waals surface area contributed by atoms with Crippen LogP contribution in [0, 0.1) is 11.7 Å².